The van der Waals surface area contributed by atoms with E-state index < -0.39 is 0 Å². The van der Waals surface area contributed by atoms with Crippen molar-refractivity contribution >= 4 is 23.1 Å². The van der Waals surface area contributed by atoms with Gasteiger partial charge in [0.15, 0.2) is 0 Å². The van der Waals surface area contributed by atoms with Gasteiger partial charge >= 0.3 is 0 Å². The Kier molecular flexibility index (Phi) is 4.13. The van der Waals surface area contributed by atoms with Gasteiger partial charge in [0.2, 0.25) is 5.91 Å². The maximum absolute atomic E-state index is 11.0. The van der Waals surface area contributed by atoms with Crippen LogP contribution in [0.1, 0.15) is 13.8 Å². The molecule has 4 heteroatoms. The van der Waals surface area contributed by atoms with Gasteiger partial charge in [-0.3, -0.25) is 4.79 Å². The molecule has 0 spiro atoms. The number of hydrogen-bond donors (Lipinski definition) is 1. The van der Waals surface area contributed by atoms with Gasteiger partial charge in [-0.25, -0.2) is 4.98 Å². The summed E-state index contributed by atoms with van der Waals surface area (Å²) in [5.74, 6) is 0.771. The normalized spacial score (nSPS) is 10.0. The van der Waals surface area contributed by atoms with E-state index in [-0.39, 0.29) is 5.91 Å². The molecule has 0 saturated heterocycles. The summed E-state index contributed by atoms with van der Waals surface area (Å²) in [7, 11) is 0. The number of amides is 1. The standard InChI is InChI=1S/C15H17N3O/c1-3-18(14-7-5-4-6-8-14)15-10-9-13(11-16-15)17-12(2)19/h4-11H,3H2,1-2H3,(H,17,19). The lowest BCUT2D eigenvalue weighted by Gasteiger charge is -2.22. The van der Waals surface area contributed by atoms with Crippen molar-refractivity contribution < 1.29 is 4.79 Å². The highest BCUT2D eigenvalue weighted by Gasteiger charge is 2.07. The van der Waals surface area contributed by atoms with E-state index >= 15 is 0 Å². The van der Waals surface area contributed by atoms with Crippen molar-refractivity contribution in [1.29, 1.82) is 0 Å². The van der Waals surface area contributed by atoms with Crippen molar-refractivity contribution in [3.8, 4) is 0 Å². The van der Waals surface area contributed by atoms with Crippen LogP contribution in [0, 0.1) is 0 Å². The third-order valence-electron chi connectivity index (χ3n) is 2.73. The molecule has 0 aliphatic heterocycles. The lowest BCUT2D eigenvalue weighted by molar-refractivity contribution is -0.114. The first-order valence-electron chi connectivity index (χ1n) is 6.27. The minimum Gasteiger partial charge on any atom is -0.327 e. The van der Waals surface area contributed by atoms with Gasteiger partial charge < -0.3 is 10.2 Å². The Bertz CT molecular complexity index is 537. The predicted molar refractivity (Wildman–Crippen MR) is 77.7 cm³/mol. The molecule has 0 aliphatic rings. The quantitative estimate of drug-likeness (QED) is 0.912. The molecule has 0 radical (unpaired) electrons. The molecule has 2 aromatic rings. The first-order valence-corrected chi connectivity index (χ1v) is 6.27. The average Bonchev–Trinajstić information content (AvgIpc) is 2.42. The lowest BCUT2D eigenvalue weighted by atomic mass is 10.2. The second kappa shape index (κ2) is 6.00. The van der Waals surface area contributed by atoms with E-state index in [0.29, 0.717) is 5.69 Å². The van der Waals surface area contributed by atoms with Gasteiger partial charge in [0, 0.05) is 19.2 Å². The fourth-order valence-electron chi connectivity index (χ4n) is 1.91. The summed E-state index contributed by atoms with van der Waals surface area (Å²) < 4.78 is 0. The number of carbonyl (C=O) groups excluding carboxylic acids is 1. The zero-order chi connectivity index (χ0) is 13.7. The number of para-hydroxylation sites is 1. The third kappa shape index (κ3) is 3.31. The molecule has 0 aliphatic carbocycles. The van der Waals surface area contributed by atoms with Crippen LogP contribution in [0.5, 0.6) is 0 Å². The molecule has 0 fully saturated rings. The zero-order valence-electron chi connectivity index (χ0n) is 11.1. The molecule has 0 bridgehead atoms. The van der Waals surface area contributed by atoms with Crippen molar-refractivity contribution in [2.45, 2.75) is 13.8 Å². The van der Waals surface area contributed by atoms with Gasteiger partial charge in [-0.1, -0.05) is 18.2 Å². The van der Waals surface area contributed by atoms with E-state index in [4.69, 9.17) is 0 Å². The summed E-state index contributed by atoms with van der Waals surface area (Å²) in [6.45, 7) is 4.39. The van der Waals surface area contributed by atoms with E-state index in [9.17, 15) is 4.79 Å². The fourth-order valence-corrected chi connectivity index (χ4v) is 1.91. The maximum Gasteiger partial charge on any atom is 0.221 e. The predicted octanol–water partition coefficient (Wildman–Crippen LogP) is 3.20. The number of nitrogens with one attached hydrogen (secondary N) is 1. The van der Waals surface area contributed by atoms with E-state index in [1.54, 1.807) is 6.20 Å². The number of rotatable bonds is 4. The first kappa shape index (κ1) is 13.1. The highest BCUT2D eigenvalue weighted by Crippen LogP contribution is 2.23. The van der Waals surface area contributed by atoms with Crippen molar-refractivity contribution in [3.63, 3.8) is 0 Å². The van der Waals surface area contributed by atoms with Crippen LogP contribution < -0.4 is 10.2 Å². The Morgan fingerprint density at radius 1 is 1.21 bits per heavy atom. The van der Waals surface area contributed by atoms with Crippen molar-refractivity contribution in [2.24, 2.45) is 0 Å². The minimum absolute atomic E-state index is 0.0926. The number of nitrogens with zero attached hydrogens (tertiary/aromatic N) is 2. The van der Waals surface area contributed by atoms with E-state index in [1.807, 2.05) is 42.5 Å². The molecule has 0 atom stereocenters. The van der Waals surface area contributed by atoms with E-state index in [0.717, 1.165) is 18.1 Å². The molecule has 98 valence electrons. The summed E-state index contributed by atoms with van der Waals surface area (Å²) in [5, 5.41) is 2.71. The monoisotopic (exact) mass is 255 g/mol. The van der Waals surface area contributed by atoms with Crippen molar-refractivity contribution in [3.05, 3.63) is 48.7 Å². The maximum atomic E-state index is 11.0. The molecule has 1 aromatic carbocycles. The Morgan fingerprint density at radius 3 is 2.47 bits per heavy atom. The Labute approximate surface area is 113 Å². The molecule has 1 amide bonds. The molecule has 4 nitrogen and oxygen atoms in total. The van der Waals surface area contributed by atoms with Gasteiger partial charge in [-0.2, -0.15) is 0 Å². The second-order valence-electron chi connectivity index (χ2n) is 4.17. The molecule has 1 heterocycles. The third-order valence-corrected chi connectivity index (χ3v) is 2.73. The van der Waals surface area contributed by atoms with Crippen LogP contribution in [0.3, 0.4) is 0 Å². The molecular weight excluding hydrogens is 238 g/mol. The summed E-state index contributed by atoms with van der Waals surface area (Å²) >= 11 is 0. The van der Waals surface area contributed by atoms with Crippen molar-refractivity contribution in [2.75, 3.05) is 16.8 Å². The molecule has 0 unspecified atom stereocenters. The van der Waals surface area contributed by atoms with Crippen LogP contribution in [-0.2, 0) is 4.79 Å². The SMILES string of the molecule is CCN(c1ccccc1)c1ccc(NC(C)=O)cn1. The van der Waals surface area contributed by atoms with E-state index in [1.165, 1.54) is 6.92 Å². The van der Waals surface area contributed by atoms with E-state index in [2.05, 4.69) is 22.1 Å². The van der Waals surface area contributed by atoms with Crippen LogP contribution in [0.25, 0.3) is 0 Å². The van der Waals surface area contributed by atoms with Crippen molar-refractivity contribution in [1.82, 2.24) is 4.98 Å². The molecule has 0 saturated carbocycles. The van der Waals surface area contributed by atoms with Crippen LogP contribution in [0.2, 0.25) is 0 Å². The Hall–Kier alpha value is -2.36. The molecule has 1 N–H and O–H groups in total. The first-order chi connectivity index (χ1) is 9.20. The number of pyridine rings is 1. The minimum atomic E-state index is -0.0926. The molecule has 1 aromatic heterocycles. The number of hydrogen-bond acceptors (Lipinski definition) is 3. The molecular formula is C15H17N3O. The Morgan fingerprint density at radius 2 is 1.95 bits per heavy atom. The number of aromatic nitrogens is 1. The van der Waals surface area contributed by atoms with Crippen LogP contribution in [-0.4, -0.2) is 17.4 Å². The van der Waals surface area contributed by atoms with Crippen LogP contribution >= 0.6 is 0 Å². The van der Waals surface area contributed by atoms with Gasteiger partial charge in [0.25, 0.3) is 0 Å². The lowest BCUT2D eigenvalue weighted by Crippen LogP contribution is -2.17. The highest BCUT2D eigenvalue weighted by atomic mass is 16.1. The van der Waals surface area contributed by atoms with Crippen LogP contribution in [0.4, 0.5) is 17.2 Å². The summed E-state index contributed by atoms with van der Waals surface area (Å²) in [6, 6.07) is 13.9. The highest BCUT2D eigenvalue weighted by molar-refractivity contribution is 5.88. The van der Waals surface area contributed by atoms with Crippen LogP contribution in [0.15, 0.2) is 48.7 Å². The van der Waals surface area contributed by atoms with Gasteiger partial charge in [-0.05, 0) is 31.2 Å². The van der Waals surface area contributed by atoms with Gasteiger partial charge in [0.1, 0.15) is 5.82 Å². The molecule has 19 heavy (non-hydrogen) atoms. The Balaban J connectivity index is 2.22. The largest absolute Gasteiger partial charge is 0.327 e. The number of anilines is 3. The average molecular weight is 255 g/mol. The summed E-state index contributed by atoms with van der Waals surface area (Å²) in [4.78, 5) is 17.5. The summed E-state index contributed by atoms with van der Waals surface area (Å²) in [6.07, 6.45) is 1.67. The van der Waals surface area contributed by atoms with Gasteiger partial charge in [-0.15, -0.1) is 0 Å². The topological polar surface area (TPSA) is 45.2 Å². The second-order valence-corrected chi connectivity index (χ2v) is 4.17. The van der Waals surface area contributed by atoms with Gasteiger partial charge in [0.05, 0.1) is 11.9 Å². The number of carbonyl (C=O) groups is 1. The summed E-state index contributed by atoms with van der Waals surface area (Å²) in [5.41, 5.74) is 1.81. The number of benzene rings is 1. The molecule has 2 rings (SSSR count). The fraction of sp³-hybridized carbons (Fsp3) is 0.200. The zero-order valence-corrected chi connectivity index (χ0v) is 11.1. The smallest absolute Gasteiger partial charge is 0.221 e.